The Morgan fingerprint density at radius 1 is 1.17 bits per heavy atom. The molecule has 0 bridgehead atoms. The Bertz CT molecular complexity index is 624. The van der Waals surface area contributed by atoms with Crippen molar-refractivity contribution in [3.05, 3.63) is 17.0 Å². The van der Waals surface area contributed by atoms with E-state index in [1.165, 1.54) is 36.9 Å². The van der Waals surface area contributed by atoms with Crippen molar-refractivity contribution in [3.8, 4) is 0 Å². The molecular formula is C19H30N4O. The molecule has 1 unspecified atom stereocenters. The molecule has 2 aliphatic carbocycles. The monoisotopic (exact) mass is 330 g/mol. The maximum atomic E-state index is 13.4. The minimum absolute atomic E-state index is 0.148. The van der Waals surface area contributed by atoms with E-state index < -0.39 is 0 Å². The molecule has 1 aliphatic heterocycles. The van der Waals surface area contributed by atoms with Crippen LogP contribution in [-0.4, -0.2) is 39.2 Å². The van der Waals surface area contributed by atoms with Crippen molar-refractivity contribution >= 4 is 5.91 Å². The van der Waals surface area contributed by atoms with Crippen LogP contribution < -0.4 is 5.32 Å². The van der Waals surface area contributed by atoms with Gasteiger partial charge in [0.15, 0.2) is 0 Å². The van der Waals surface area contributed by atoms with Crippen LogP contribution in [0.2, 0.25) is 0 Å². The number of fused-ring (bicyclic) bond motifs is 1. The van der Waals surface area contributed by atoms with Gasteiger partial charge >= 0.3 is 0 Å². The maximum Gasteiger partial charge on any atom is 0.241 e. The first-order chi connectivity index (χ1) is 11.6. The minimum atomic E-state index is -0.232. The van der Waals surface area contributed by atoms with E-state index in [9.17, 15) is 4.79 Å². The van der Waals surface area contributed by atoms with Gasteiger partial charge in [-0.15, -0.1) is 0 Å². The van der Waals surface area contributed by atoms with Gasteiger partial charge in [0.2, 0.25) is 5.91 Å². The van der Waals surface area contributed by atoms with Crippen LogP contribution in [0, 0.1) is 6.92 Å². The first-order valence-electron chi connectivity index (χ1n) is 9.70. The molecule has 5 heteroatoms. The lowest BCUT2D eigenvalue weighted by Crippen LogP contribution is -2.57. The molecule has 1 amide bonds. The van der Waals surface area contributed by atoms with Gasteiger partial charge in [0.05, 0.1) is 11.7 Å². The summed E-state index contributed by atoms with van der Waals surface area (Å²) in [6, 6.07) is 0.148. The van der Waals surface area contributed by atoms with E-state index >= 15 is 0 Å². The second kappa shape index (κ2) is 6.17. The Balaban J connectivity index is 1.58. The van der Waals surface area contributed by atoms with Gasteiger partial charge in [-0.25, -0.2) is 0 Å². The van der Waals surface area contributed by atoms with Gasteiger partial charge in [-0.1, -0.05) is 12.8 Å². The molecule has 1 aromatic rings. The predicted molar refractivity (Wildman–Crippen MR) is 93.8 cm³/mol. The Morgan fingerprint density at radius 2 is 1.88 bits per heavy atom. The summed E-state index contributed by atoms with van der Waals surface area (Å²) < 4.78 is 2.01. The highest BCUT2D eigenvalue weighted by atomic mass is 16.2. The summed E-state index contributed by atoms with van der Waals surface area (Å²) in [6.07, 6.45) is 10.2. The highest BCUT2D eigenvalue weighted by Crippen LogP contribution is 2.39. The predicted octanol–water partition coefficient (Wildman–Crippen LogP) is 2.63. The molecule has 24 heavy (non-hydrogen) atoms. The molecule has 132 valence electrons. The summed E-state index contributed by atoms with van der Waals surface area (Å²) in [6.45, 7) is 4.26. The van der Waals surface area contributed by atoms with E-state index in [0.29, 0.717) is 0 Å². The zero-order valence-electron chi connectivity index (χ0n) is 15.1. The first kappa shape index (κ1) is 16.1. The maximum absolute atomic E-state index is 13.4. The molecule has 1 aromatic heterocycles. The number of rotatable bonds is 3. The van der Waals surface area contributed by atoms with Crippen molar-refractivity contribution in [1.82, 2.24) is 20.0 Å². The summed E-state index contributed by atoms with van der Waals surface area (Å²) in [5.41, 5.74) is 3.45. The Labute approximate surface area is 144 Å². The quantitative estimate of drug-likeness (QED) is 0.927. The third-order valence-electron chi connectivity index (χ3n) is 6.52. The molecule has 1 saturated carbocycles. The second-order valence-electron chi connectivity index (χ2n) is 7.92. The third-order valence-corrected chi connectivity index (χ3v) is 6.52. The topological polar surface area (TPSA) is 50.2 Å². The summed E-state index contributed by atoms with van der Waals surface area (Å²) in [5.74, 6) is 0.281. The Kier molecular flexibility index (Phi) is 4.15. The molecule has 1 atom stereocenters. The van der Waals surface area contributed by atoms with E-state index in [-0.39, 0.29) is 17.5 Å². The van der Waals surface area contributed by atoms with Gasteiger partial charge < -0.3 is 5.32 Å². The zero-order valence-corrected chi connectivity index (χ0v) is 15.1. The number of hydrogen-bond donors (Lipinski definition) is 1. The fourth-order valence-corrected chi connectivity index (χ4v) is 5.32. The molecule has 1 saturated heterocycles. The van der Waals surface area contributed by atoms with Crippen LogP contribution in [-0.2, 0) is 18.3 Å². The van der Waals surface area contributed by atoms with Crippen LogP contribution in [0.1, 0.15) is 74.4 Å². The van der Waals surface area contributed by atoms with Crippen LogP contribution in [0.25, 0.3) is 0 Å². The van der Waals surface area contributed by atoms with E-state index in [0.717, 1.165) is 50.9 Å². The fraction of sp³-hybridized carbons (Fsp3) is 0.789. The van der Waals surface area contributed by atoms with Gasteiger partial charge in [-0.2, -0.15) is 5.10 Å². The van der Waals surface area contributed by atoms with Gasteiger partial charge in [0.1, 0.15) is 5.54 Å². The van der Waals surface area contributed by atoms with Crippen molar-refractivity contribution in [2.45, 2.75) is 76.3 Å². The molecular weight excluding hydrogens is 300 g/mol. The molecule has 0 aromatic carbocycles. The standard InChI is InChI=1S/C19H30N4O/c1-14-17-15(8-7-9-16(17)22(2)21-14)20-18(24)19(10-3-4-11-19)23-12-5-6-13-23/h15H,3-13H2,1-2H3,(H,20,24). The van der Waals surface area contributed by atoms with Crippen LogP contribution in [0.3, 0.4) is 0 Å². The number of hydrogen-bond acceptors (Lipinski definition) is 3. The lowest BCUT2D eigenvalue weighted by molar-refractivity contribution is -0.133. The Hall–Kier alpha value is -1.36. The van der Waals surface area contributed by atoms with Crippen molar-refractivity contribution in [2.24, 2.45) is 7.05 Å². The number of carbonyl (C=O) groups excluding carboxylic acids is 1. The van der Waals surface area contributed by atoms with Crippen molar-refractivity contribution in [2.75, 3.05) is 13.1 Å². The number of aromatic nitrogens is 2. The molecule has 1 N–H and O–H groups in total. The largest absolute Gasteiger partial charge is 0.348 e. The molecule has 2 heterocycles. The van der Waals surface area contributed by atoms with Crippen LogP contribution in [0.15, 0.2) is 0 Å². The highest BCUT2D eigenvalue weighted by molar-refractivity contribution is 5.87. The average molecular weight is 330 g/mol. The van der Waals surface area contributed by atoms with Crippen molar-refractivity contribution in [3.63, 3.8) is 0 Å². The average Bonchev–Trinajstić information content (AvgIpc) is 3.29. The number of nitrogens with zero attached hydrogens (tertiary/aromatic N) is 3. The van der Waals surface area contributed by atoms with Gasteiger partial charge in [-0.3, -0.25) is 14.4 Å². The first-order valence-corrected chi connectivity index (χ1v) is 9.70. The minimum Gasteiger partial charge on any atom is -0.348 e. The third kappa shape index (κ3) is 2.48. The molecule has 5 nitrogen and oxygen atoms in total. The van der Waals surface area contributed by atoms with Crippen LogP contribution in [0.5, 0.6) is 0 Å². The zero-order chi connectivity index (χ0) is 16.7. The SMILES string of the molecule is Cc1nn(C)c2c1C(NC(=O)C1(N3CCCC3)CCCC1)CCC2. The summed E-state index contributed by atoms with van der Waals surface area (Å²) >= 11 is 0. The normalized spacial score (nSPS) is 26.5. The summed E-state index contributed by atoms with van der Waals surface area (Å²) in [7, 11) is 2.03. The lowest BCUT2D eigenvalue weighted by atomic mass is 9.88. The van der Waals surface area contributed by atoms with Crippen LogP contribution in [0.4, 0.5) is 0 Å². The van der Waals surface area contributed by atoms with E-state index in [1.54, 1.807) is 0 Å². The second-order valence-corrected chi connectivity index (χ2v) is 7.92. The summed E-state index contributed by atoms with van der Waals surface area (Å²) in [5, 5.41) is 8.05. The van der Waals surface area contributed by atoms with Crippen LogP contribution >= 0.6 is 0 Å². The highest BCUT2D eigenvalue weighted by Gasteiger charge is 2.47. The number of aryl methyl sites for hydroxylation is 2. The van der Waals surface area contributed by atoms with Gasteiger partial charge in [0.25, 0.3) is 0 Å². The Morgan fingerprint density at radius 3 is 2.58 bits per heavy atom. The molecule has 4 rings (SSSR count). The molecule has 2 fully saturated rings. The van der Waals surface area contributed by atoms with Crippen molar-refractivity contribution in [1.29, 1.82) is 0 Å². The van der Waals surface area contributed by atoms with E-state index in [4.69, 9.17) is 0 Å². The number of amides is 1. The number of nitrogens with one attached hydrogen (secondary N) is 1. The van der Waals surface area contributed by atoms with Gasteiger partial charge in [-0.05, 0) is 65.0 Å². The molecule has 3 aliphatic rings. The van der Waals surface area contributed by atoms with Gasteiger partial charge in [0, 0.05) is 18.3 Å². The van der Waals surface area contributed by atoms with Crippen molar-refractivity contribution < 1.29 is 4.79 Å². The number of likely N-dealkylation sites (tertiary alicyclic amines) is 1. The molecule has 0 radical (unpaired) electrons. The lowest BCUT2D eigenvalue weighted by Gasteiger charge is -2.39. The fourth-order valence-electron chi connectivity index (χ4n) is 5.32. The number of carbonyl (C=O) groups is 1. The van der Waals surface area contributed by atoms with E-state index in [1.807, 2.05) is 11.7 Å². The summed E-state index contributed by atoms with van der Waals surface area (Å²) in [4.78, 5) is 15.9. The molecule has 0 spiro atoms. The van der Waals surface area contributed by atoms with E-state index in [2.05, 4.69) is 22.2 Å². The smallest absolute Gasteiger partial charge is 0.241 e.